The Morgan fingerprint density at radius 1 is 1.22 bits per heavy atom. The molecule has 110 valence electrons. The molecule has 1 aliphatic carbocycles. The fourth-order valence-electron chi connectivity index (χ4n) is 3.11. The molecular weight excluding hydrogens is 251 g/mol. The lowest BCUT2D eigenvalue weighted by Gasteiger charge is -2.24. The van der Waals surface area contributed by atoms with Gasteiger partial charge in [-0.05, 0) is 43.9 Å². The third-order valence-electron chi connectivity index (χ3n) is 4.11. The van der Waals surface area contributed by atoms with Gasteiger partial charge in [0.05, 0.1) is 18.3 Å². The summed E-state index contributed by atoms with van der Waals surface area (Å²) in [6, 6.07) is 0. The van der Waals surface area contributed by atoms with Crippen LogP contribution in [-0.4, -0.2) is 40.2 Å². The second-order valence-corrected chi connectivity index (χ2v) is 5.61. The molecule has 4 nitrogen and oxygen atoms in total. The normalized spacial score (nSPS) is 33.8. The highest BCUT2D eigenvalue weighted by atomic mass is 31.0. The largest absolute Gasteiger partial charge is 0.396 e. The first kappa shape index (κ1) is 16.3. The van der Waals surface area contributed by atoms with Gasteiger partial charge in [0.1, 0.15) is 0 Å². The molecular formula is C13H29O4P. The topological polar surface area (TPSA) is 69.9 Å². The lowest BCUT2D eigenvalue weighted by Crippen LogP contribution is -2.24. The van der Waals surface area contributed by atoms with E-state index >= 15 is 0 Å². The Kier molecular flexibility index (Phi) is 7.66. The van der Waals surface area contributed by atoms with Crippen LogP contribution in [0.2, 0.25) is 0 Å². The fraction of sp³-hybridized carbons (Fsp3) is 1.00. The van der Waals surface area contributed by atoms with Crippen LogP contribution in [0.25, 0.3) is 0 Å². The average Bonchev–Trinajstić information content (AvgIpc) is 2.61. The predicted octanol–water partition coefficient (Wildman–Crippen LogP) is 1.73. The third-order valence-corrected chi connectivity index (χ3v) is 4.49. The molecule has 0 bridgehead atoms. The van der Waals surface area contributed by atoms with Crippen molar-refractivity contribution in [1.82, 2.24) is 0 Å². The van der Waals surface area contributed by atoms with Crippen molar-refractivity contribution in [3.63, 3.8) is 0 Å². The smallest absolute Gasteiger partial charge is 0.0610 e. The van der Waals surface area contributed by atoms with Crippen LogP contribution in [0, 0.1) is 11.8 Å². The molecule has 0 heterocycles. The SMILES string of the molecule is CCC[C@@H](CC[C@@H]1[C@@H](CCO)[C@@H](O)C[C@H]1O)OP.[3HH]. The second kappa shape index (κ2) is 8.44. The molecule has 0 amide bonds. The number of aliphatic hydroxyl groups excluding tert-OH is 3. The molecule has 1 rings (SSSR count). The molecule has 1 aliphatic rings. The van der Waals surface area contributed by atoms with Gasteiger partial charge in [-0.25, -0.2) is 0 Å². The second-order valence-electron chi connectivity index (χ2n) is 5.33. The minimum atomic E-state index is -0.473. The molecule has 0 aromatic carbocycles. The van der Waals surface area contributed by atoms with E-state index in [2.05, 4.69) is 16.4 Å². The van der Waals surface area contributed by atoms with Gasteiger partial charge < -0.3 is 19.8 Å². The van der Waals surface area contributed by atoms with Crippen LogP contribution in [0.15, 0.2) is 0 Å². The zero-order valence-electron chi connectivity index (χ0n) is 11.2. The van der Waals surface area contributed by atoms with E-state index in [1.54, 1.807) is 0 Å². The van der Waals surface area contributed by atoms with Crippen LogP contribution in [0.4, 0.5) is 0 Å². The van der Waals surface area contributed by atoms with Crippen LogP contribution in [0.3, 0.4) is 0 Å². The van der Waals surface area contributed by atoms with Gasteiger partial charge in [0, 0.05) is 17.5 Å². The fourth-order valence-corrected chi connectivity index (χ4v) is 3.38. The molecule has 0 radical (unpaired) electrons. The van der Waals surface area contributed by atoms with Gasteiger partial charge in [0.25, 0.3) is 0 Å². The summed E-state index contributed by atoms with van der Waals surface area (Å²) < 4.78 is 5.33. The molecule has 1 fully saturated rings. The van der Waals surface area contributed by atoms with E-state index in [0.29, 0.717) is 12.8 Å². The highest BCUT2D eigenvalue weighted by Gasteiger charge is 2.40. The summed E-state index contributed by atoms with van der Waals surface area (Å²) in [5.41, 5.74) is 0. The summed E-state index contributed by atoms with van der Waals surface area (Å²) in [5.74, 6) is 0.114. The lowest BCUT2D eigenvalue weighted by molar-refractivity contribution is 0.0794. The minimum absolute atomic E-state index is 0. The van der Waals surface area contributed by atoms with Gasteiger partial charge in [-0.3, -0.25) is 0 Å². The van der Waals surface area contributed by atoms with Crippen molar-refractivity contribution in [2.24, 2.45) is 11.8 Å². The van der Waals surface area contributed by atoms with Crippen molar-refractivity contribution in [2.45, 2.75) is 63.8 Å². The zero-order chi connectivity index (χ0) is 13.5. The summed E-state index contributed by atoms with van der Waals surface area (Å²) in [4.78, 5) is 0. The lowest BCUT2D eigenvalue weighted by atomic mass is 9.86. The van der Waals surface area contributed by atoms with Crippen LogP contribution in [0.1, 0.15) is 46.9 Å². The maximum atomic E-state index is 9.98. The Labute approximate surface area is 114 Å². The first-order valence-corrected chi connectivity index (χ1v) is 7.43. The van der Waals surface area contributed by atoms with E-state index in [9.17, 15) is 10.2 Å². The van der Waals surface area contributed by atoms with E-state index in [0.717, 1.165) is 25.7 Å². The molecule has 0 aliphatic heterocycles. The molecule has 18 heavy (non-hydrogen) atoms. The van der Waals surface area contributed by atoms with Gasteiger partial charge in [0.2, 0.25) is 0 Å². The summed E-state index contributed by atoms with van der Waals surface area (Å²) >= 11 is 0. The third kappa shape index (κ3) is 4.43. The maximum absolute atomic E-state index is 9.98. The average molecular weight is 282 g/mol. The van der Waals surface area contributed by atoms with Gasteiger partial charge in [0.15, 0.2) is 0 Å². The standard InChI is InChI=1S/C13H27O4P.H2/c1-2-3-9(17-18)4-5-10-11(6-7-14)13(16)8-12(10)15;/h9-16H,2-8,18H2,1H3;1H/t9-,10+,11+,12+,13-;/m0./s1/i;1+2. The summed E-state index contributed by atoms with van der Waals surface area (Å²) in [6.45, 7) is 2.20. The number of rotatable bonds is 8. The highest BCUT2D eigenvalue weighted by molar-refractivity contribution is 7.09. The van der Waals surface area contributed by atoms with Crippen LogP contribution >= 0.6 is 9.47 Å². The number of hydrogen-bond acceptors (Lipinski definition) is 4. The van der Waals surface area contributed by atoms with Crippen molar-refractivity contribution >= 4 is 9.47 Å². The van der Waals surface area contributed by atoms with Gasteiger partial charge >= 0.3 is 0 Å². The van der Waals surface area contributed by atoms with Gasteiger partial charge in [-0.2, -0.15) is 0 Å². The molecule has 0 spiro atoms. The minimum Gasteiger partial charge on any atom is -0.396 e. The molecule has 5 heteroatoms. The molecule has 1 saturated carbocycles. The van der Waals surface area contributed by atoms with Crippen molar-refractivity contribution in [1.29, 1.82) is 0 Å². The van der Waals surface area contributed by atoms with E-state index in [-0.39, 0.29) is 26.0 Å². The summed E-state index contributed by atoms with van der Waals surface area (Å²) in [7, 11) is 2.31. The molecule has 0 saturated heterocycles. The highest BCUT2D eigenvalue weighted by Crippen LogP contribution is 2.38. The summed E-state index contributed by atoms with van der Waals surface area (Å²) in [5, 5.41) is 28.9. The zero-order valence-corrected chi connectivity index (χ0v) is 12.3. The van der Waals surface area contributed by atoms with Crippen LogP contribution in [0.5, 0.6) is 0 Å². The summed E-state index contributed by atoms with van der Waals surface area (Å²) in [6.07, 6.45) is 4.14. The molecule has 0 aromatic rings. The maximum Gasteiger partial charge on any atom is 0.0610 e. The van der Waals surface area contributed by atoms with Gasteiger partial charge in [-0.1, -0.05) is 13.3 Å². The van der Waals surface area contributed by atoms with E-state index in [1.165, 1.54) is 0 Å². The van der Waals surface area contributed by atoms with Crippen LogP contribution < -0.4 is 0 Å². The molecule has 0 aromatic heterocycles. The Hall–Kier alpha value is 0.270. The van der Waals surface area contributed by atoms with Crippen molar-refractivity contribution in [3.8, 4) is 0 Å². The molecule has 6 atom stereocenters. The van der Waals surface area contributed by atoms with E-state index < -0.39 is 12.2 Å². The Morgan fingerprint density at radius 2 is 1.83 bits per heavy atom. The predicted molar refractivity (Wildman–Crippen MR) is 76.2 cm³/mol. The molecule has 1 unspecified atom stereocenters. The Balaban J connectivity index is 0.00000324. The van der Waals surface area contributed by atoms with Crippen LogP contribution in [-0.2, 0) is 4.52 Å². The van der Waals surface area contributed by atoms with Crippen molar-refractivity contribution < 1.29 is 21.3 Å². The molecule has 3 N–H and O–H groups in total. The monoisotopic (exact) mass is 282 g/mol. The van der Waals surface area contributed by atoms with Crippen molar-refractivity contribution in [2.75, 3.05) is 6.61 Å². The van der Waals surface area contributed by atoms with E-state index in [1.807, 2.05) is 0 Å². The van der Waals surface area contributed by atoms with E-state index in [4.69, 9.17) is 9.63 Å². The quantitative estimate of drug-likeness (QED) is 0.593. The number of hydrogen-bond donors (Lipinski definition) is 3. The Morgan fingerprint density at radius 3 is 2.33 bits per heavy atom. The first-order valence-electron chi connectivity index (χ1n) is 6.96. The number of aliphatic hydroxyl groups is 3. The Bertz CT molecular complexity index is 233. The first-order chi connectivity index (χ1) is 8.63. The van der Waals surface area contributed by atoms with Crippen molar-refractivity contribution in [3.05, 3.63) is 0 Å². The van der Waals surface area contributed by atoms with Gasteiger partial charge in [-0.15, -0.1) is 0 Å².